The van der Waals surface area contributed by atoms with Crippen LogP contribution in [0.4, 0.5) is 22.0 Å². The molecule has 1 heterocycles. The van der Waals surface area contributed by atoms with Gasteiger partial charge in [0.05, 0.1) is 18.3 Å². The van der Waals surface area contributed by atoms with Crippen LogP contribution in [0.15, 0.2) is 62.7 Å². The number of benzene rings is 3. The predicted octanol–water partition coefficient (Wildman–Crippen LogP) is 5.28. The molecule has 36 heavy (non-hydrogen) atoms. The molecule has 0 N–H and O–H groups in total. The summed E-state index contributed by atoms with van der Waals surface area (Å²) in [7, 11) is -3.66. The van der Waals surface area contributed by atoms with Crippen molar-refractivity contribution in [2.45, 2.75) is 4.90 Å². The van der Waals surface area contributed by atoms with Gasteiger partial charge in [-0.05, 0) is 42.5 Å². The zero-order valence-corrected chi connectivity index (χ0v) is 21.8. The minimum atomic E-state index is -5.06. The minimum absolute atomic E-state index is 0. The highest BCUT2D eigenvalue weighted by Gasteiger charge is 2.31. The van der Waals surface area contributed by atoms with E-state index in [1.807, 2.05) is 0 Å². The third kappa shape index (κ3) is 4.70. The lowest BCUT2D eigenvalue weighted by atomic mass is 10.2. The van der Waals surface area contributed by atoms with Crippen LogP contribution in [0.3, 0.4) is 0 Å². The van der Waals surface area contributed by atoms with Gasteiger partial charge in [-0.25, -0.2) is 13.2 Å². The molecule has 0 aliphatic rings. The van der Waals surface area contributed by atoms with E-state index in [9.17, 15) is 35.2 Å². The summed E-state index contributed by atoms with van der Waals surface area (Å²) in [4.78, 5) is 12.0. The highest BCUT2D eigenvalue weighted by atomic mass is 79.9. The molecule has 0 saturated heterocycles. The number of halogens is 6. The average Bonchev–Trinajstić information content (AvgIpc) is 2.84. The molecule has 1 aromatic heterocycles. The van der Waals surface area contributed by atoms with Crippen molar-refractivity contribution >= 4 is 46.8 Å². The molecule has 0 amide bonds. The summed E-state index contributed by atoms with van der Waals surface area (Å²) in [5.41, 5.74) is 0.0826. The van der Waals surface area contributed by atoms with Gasteiger partial charge in [0.1, 0.15) is 10.6 Å². The Balaban J connectivity index is 0.00000361. The molecule has 14 heteroatoms. The number of ether oxygens (including phenoxy) is 1. The number of hydrogen-bond acceptors (Lipinski definition) is 5. The molecule has 0 spiro atoms. The highest BCUT2D eigenvalue weighted by molar-refractivity contribution is 9.10. The van der Waals surface area contributed by atoms with E-state index in [0.717, 1.165) is 18.2 Å². The first kappa shape index (κ1) is 27.6. The van der Waals surface area contributed by atoms with Gasteiger partial charge in [-0.15, -0.1) is 0 Å². The normalized spacial score (nSPS) is 11.3. The molecule has 0 aliphatic carbocycles. The lowest BCUT2D eigenvalue weighted by molar-refractivity contribution is 0.346. The fraction of sp³-hybridized carbons (Fsp3) is 0.0455. The van der Waals surface area contributed by atoms with Gasteiger partial charge in [-0.3, -0.25) is 9.36 Å². The van der Waals surface area contributed by atoms with Crippen molar-refractivity contribution in [2.24, 2.45) is 0 Å². The monoisotopic (exact) mass is 609 g/mol. The van der Waals surface area contributed by atoms with Gasteiger partial charge in [-0.1, -0.05) is 15.9 Å². The summed E-state index contributed by atoms with van der Waals surface area (Å²) in [5, 5.41) is 0.177. The van der Waals surface area contributed by atoms with Gasteiger partial charge < -0.3 is 8.92 Å². The van der Waals surface area contributed by atoms with Crippen LogP contribution in [-0.2, 0) is 10.1 Å². The van der Waals surface area contributed by atoms with Crippen LogP contribution in [0.5, 0.6) is 11.5 Å². The van der Waals surface area contributed by atoms with Crippen LogP contribution in [0.2, 0.25) is 0 Å². The van der Waals surface area contributed by atoms with Gasteiger partial charge in [0, 0.05) is 15.9 Å². The molecule has 1 unspecified atom stereocenters. The fourth-order valence-electron chi connectivity index (χ4n) is 3.28. The summed E-state index contributed by atoms with van der Waals surface area (Å²) in [6.45, 7) is 0. The molecular weight excluding hydrogens is 596 g/mol. The van der Waals surface area contributed by atoms with Crippen LogP contribution in [0.1, 0.15) is 0 Å². The van der Waals surface area contributed by atoms with E-state index in [4.69, 9.17) is 4.74 Å². The molecule has 190 valence electrons. The standard InChI is InChI=1S/C22H11BrF5NO5S.H3P/c1-33-15-9-11(23)3-5-14(15)29-13-6-4-12(8-10(13)2-7-16(29)30)35(31,32)34-22-20(27)18(25)17(24)19(26)21(22)28;/h2-9H,1H3;1H3. The maximum Gasteiger partial charge on any atom is 0.339 e. The predicted molar refractivity (Wildman–Crippen MR) is 129 cm³/mol. The SMILES string of the molecule is COc1cc(Br)ccc1-n1c(=O)ccc2cc(S(=O)(=O)Oc3c(F)c(F)c(F)c(F)c3F)ccc21.P. The molecule has 0 fully saturated rings. The Hall–Kier alpha value is -3.02. The quantitative estimate of drug-likeness (QED) is 0.101. The van der Waals surface area contributed by atoms with Gasteiger partial charge in [0.2, 0.25) is 34.8 Å². The lowest BCUT2D eigenvalue weighted by Crippen LogP contribution is -2.18. The third-order valence-electron chi connectivity index (χ3n) is 4.90. The second-order valence-corrected chi connectivity index (χ2v) is 9.44. The van der Waals surface area contributed by atoms with Crippen LogP contribution < -0.4 is 14.5 Å². The summed E-state index contributed by atoms with van der Waals surface area (Å²) >= 11 is 3.29. The molecule has 6 nitrogen and oxygen atoms in total. The largest absolute Gasteiger partial charge is 0.495 e. The molecule has 0 bridgehead atoms. The molecular formula is C22H14BrF5NO5PS. The van der Waals surface area contributed by atoms with E-state index in [-0.39, 0.29) is 20.8 Å². The fourth-order valence-corrected chi connectivity index (χ4v) is 4.59. The Kier molecular flexibility index (Phi) is 7.77. The van der Waals surface area contributed by atoms with Gasteiger partial charge in [0.25, 0.3) is 5.56 Å². The number of methoxy groups -OCH3 is 1. The second kappa shape index (κ2) is 10.2. The number of aromatic nitrogens is 1. The summed E-state index contributed by atoms with van der Waals surface area (Å²) in [5.74, 6) is -13.7. The molecule has 0 saturated carbocycles. The van der Waals surface area contributed by atoms with E-state index in [0.29, 0.717) is 15.9 Å². The number of rotatable bonds is 5. The Morgan fingerprint density at radius 2 is 1.44 bits per heavy atom. The molecule has 0 aliphatic heterocycles. The lowest BCUT2D eigenvalue weighted by Gasteiger charge is -2.15. The van der Waals surface area contributed by atoms with Crippen LogP contribution in [0, 0.1) is 29.1 Å². The van der Waals surface area contributed by atoms with E-state index in [1.165, 1.54) is 23.8 Å². The smallest absolute Gasteiger partial charge is 0.339 e. The Morgan fingerprint density at radius 1 is 0.833 bits per heavy atom. The summed E-state index contributed by atoms with van der Waals surface area (Å²) in [6.07, 6.45) is 0. The number of hydrogen-bond donors (Lipinski definition) is 0. The first-order valence-electron chi connectivity index (χ1n) is 9.42. The third-order valence-corrected chi connectivity index (χ3v) is 6.61. The molecule has 1 atom stereocenters. The second-order valence-electron chi connectivity index (χ2n) is 6.98. The van der Waals surface area contributed by atoms with Crippen molar-refractivity contribution in [3.8, 4) is 17.2 Å². The Labute approximate surface area is 212 Å². The molecule has 4 aromatic rings. The van der Waals surface area contributed by atoms with Gasteiger partial charge >= 0.3 is 10.1 Å². The van der Waals surface area contributed by atoms with Crippen LogP contribution in [-0.4, -0.2) is 20.1 Å². The summed E-state index contributed by atoms with van der Waals surface area (Å²) in [6, 6.07) is 10.5. The maximum atomic E-state index is 13.9. The molecule has 3 aromatic carbocycles. The first-order chi connectivity index (χ1) is 16.5. The minimum Gasteiger partial charge on any atom is -0.495 e. The van der Waals surface area contributed by atoms with Crippen molar-refractivity contribution < 1.29 is 39.3 Å². The van der Waals surface area contributed by atoms with Crippen molar-refractivity contribution in [2.75, 3.05) is 7.11 Å². The first-order valence-corrected chi connectivity index (χ1v) is 11.6. The van der Waals surface area contributed by atoms with E-state index in [1.54, 1.807) is 18.2 Å². The van der Waals surface area contributed by atoms with Crippen LogP contribution >= 0.6 is 25.8 Å². The zero-order chi connectivity index (χ0) is 25.7. The van der Waals surface area contributed by atoms with Crippen molar-refractivity contribution in [1.29, 1.82) is 0 Å². The zero-order valence-electron chi connectivity index (χ0n) is 18.0. The molecule has 4 rings (SSSR count). The van der Waals surface area contributed by atoms with Crippen molar-refractivity contribution in [3.63, 3.8) is 0 Å². The summed E-state index contributed by atoms with van der Waals surface area (Å²) < 4.78 is 105. The van der Waals surface area contributed by atoms with E-state index in [2.05, 4.69) is 20.1 Å². The highest BCUT2D eigenvalue weighted by Crippen LogP contribution is 2.33. The van der Waals surface area contributed by atoms with E-state index >= 15 is 0 Å². The Morgan fingerprint density at radius 3 is 2.06 bits per heavy atom. The average molecular weight is 610 g/mol. The molecule has 0 radical (unpaired) electrons. The van der Waals surface area contributed by atoms with Gasteiger partial charge in [0.15, 0.2) is 0 Å². The number of nitrogens with zero attached hydrogens (tertiary/aromatic N) is 1. The van der Waals surface area contributed by atoms with Gasteiger partial charge in [-0.2, -0.15) is 27.1 Å². The number of pyridine rings is 1. The Bertz CT molecular complexity index is 1650. The van der Waals surface area contributed by atoms with Crippen molar-refractivity contribution in [3.05, 3.63) is 92.4 Å². The van der Waals surface area contributed by atoms with Crippen molar-refractivity contribution in [1.82, 2.24) is 4.57 Å². The number of fused-ring (bicyclic) bond motifs is 1. The van der Waals surface area contributed by atoms with Crippen LogP contribution in [0.25, 0.3) is 16.6 Å². The maximum absolute atomic E-state index is 13.9. The topological polar surface area (TPSA) is 74.6 Å². The van der Waals surface area contributed by atoms with E-state index < -0.39 is 55.4 Å².